The summed E-state index contributed by atoms with van der Waals surface area (Å²) in [6.07, 6.45) is 4.82. The van der Waals surface area contributed by atoms with E-state index < -0.39 is 15.8 Å². The summed E-state index contributed by atoms with van der Waals surface area (Å²) < 4.78 is 38.5. The minimum Gasteiger partial charge on any atom is -0.463 e. The van der Waals surface area contributed by atoms with Gasteiger partial charge in [0.25, 0.3) is 0 Å². The molecule has 3 heterocycles. The Bertz CT molecular complexity index is 1140. The number of benzene rings is 1. The Morgan fingerprint density at radius 3 is 2.83 bits per heavy atom. The Morgan fingerprint density at radius 1 is 1.17 bits per heavy atom. The summed E-state index contributed by atoms with van der Waals surface area (Å²) in [4.78, 5) is 16.2. The molecular formula is C20H25N3O5S. The quantitative estimate of drug-likeness (QED) is 0.609. The van der Waals surface area contributed by atoms with E-state index in [9.17, 15) is 13.2 Å². The Morgan fingerprint density at radius 2 is 2.00 bits per heavy atom. The van der Waals surface area contributed by atoms with E-state index in [0.717, 1.165) is 25.3 Å². The van der Waals surface area contributed by atoms with Crippen LogP contribution in [0.5, 0.6) is 0 Å². The molecule has 0 radical (unpaired) electrons. The normalized spacial score (nSPS) is 18.4. The highest BCUT2D eigenvalue weighted by Gasteiger charge is 2.22. The molecule has 1 fully saturated rings. The van der Waals surface area contributed by atoms with Gasteiger partial charge in [-0.15, -0.1) is 0 Å². The maximum Gasteiger partial charge on any atom is 0.417 e. The molecule has 0 aliphatic carbocycles. The van der Waals surface area contributed by atoms with Crippen LogP contribution in [0, 0.1) is 0 Å². The molecule has 2 aromatic heterocycles. The zero-order valence-corrected chi connectivity index (χ0v) is 17.1. The number of hydrogen-bond donors (Lipinski definition) is 2. The molecular weight excluding hydrogens is 394 g/mol. The van der Waals surface area contributed by atoms with Crippen molar-refractivity contribution in [2.45, 2.75) is 56.6 Å². The van der Waals surface area contributed by atoms with E-state index in [2.05, 4.69) is 21.5 Å². The number of likely N-dealkylation sites (tertiary alicyclic amines) is 1. The van der Waals surface area contributed by atoms with Gasteiger partial charge in [-0.25, -0.2) is 17.9 Å². The molecule has 1 atom stereocenters. The molecule has 9 heteroatoms. The fraction of sp³-hybridized carbons (Fsp3) is 0.450. The van der Waals surface area contributed by atoms with Crippen LogP contribution in [-0.2, 0) is 23.1 Å². The van der Waals surface area contributed by atoms with Gasteiger partial charge in [0.1, 0.15) is 11.5 Å². The predicted octanol–water partition coefficient (Wildman–Crippen LogP) is 2.96. The molecule has 0 bridgehead atoms. The van der Waals surface area contributed by atoms with Gasteiger partial charge >= 0.3 is 5.76 Å². The van der Waals surface area contributed by atoms with Crippen LogP contribution < -0.4 is 10.5 Å². The molecule has 1 aromatic carbocycles. The van der Waals surface area contributed by atoms with E-state index in [1.54, 1.807) is 6.07 Å². The Hall–Kier alpha value is -2.36. The van der Waals surface area contributed by atoms with E-state index >= 15 is 0 Å². The molecule has 2 N–H and O–H groups in total. The van der Waals surface area contributed by atoms with Crippen LogP contribution in [0.3, 0.4) is 0 Å². The molecule has 8 nitrogen and oxygen atoms in total. The first-order valence-corrected chi connectivity index (χ1v) is 11.4. The number of oxazole rings is 1. The highest BCUT2D eigenvalue weighted by Crippen LogP contribution is 2.23. The summed E-state index contributed by atoms with van der Waals surface area (Å²) in [5.74, 6) is 0.780. The molecule has 3 aromatic rings. The van der Waals surface area contributed by atoms with Crippen LogP contribution in [0.15, 0.2) is 48.9 Å². The van der Waals surface area contributed by atoms with Crippen LogP contribution in [0.25, 0.3) is 11.1 Å². The molecule has 1 saturated heterocycles. The monoisotopic (exact) mass is 419 g/mol. The first-order chi connectivity index (χ1) is 13.9. The van der Waals surface area contributed by atoms with Crippen molar-refractivity contribution in [1.82, 2.24) is 14.6 Å². The van der Waals surface area contributed by atoms with Crippen molar-refractivity contribution < 1.29 is 17.3 Å². The van der Waals surface area contributed by atoms with E-state index in [-0.39, 0.29) is 17.0 Å². The third kappa shape index (κ3) is 4.47. The van der Waals surface area contributed by atoms with Crippen molar-refractivity contribution in [3.05, 3.63) is 52.4 Å². The third-order valence-corrected chi connectivity index (χ3v) is 6.83. The van der Waals surface area contributed by atoms with Gasteiger partial charge in [-0.05, 0) is 50.1 Å². The number of hydrogen-bond acceptors (Lipinski definition) is 6. The average Bonchev–Trinajstić information content (AvgIpc) is 3.31. The number of aromatic amines is 1. The summed E-state index contributed by atoms with van der Waals surface area (Å²) in [7, 11) is -3.77. The van der Waals surface area contributed by atoms with E-state index in [1.165, 1.54) is 37.5 Å². The number of fused-ring (bicyclic) bond motifs is 1. The lowest BCUT2D eigenvalue weighted by Gasteiger charge is -2.34. The number of piperidine rings is 1. The minimum atomic E-state index is -3.77. The van der Waals surface area contributed by atoms with Crippen LogP contribution in [0.1, 0.15) is 44.1 Å². The van der Waals surface area contributed by atoms with Crippen molar-refractivity contribution in [2.24, 2.45) is 0 Å². The Balaban J connectivity index is 1.41. The fourth-order valence-corrected chi connectivity index (χ4v) is 4.88. The van der Waals surface area contributed by atoms with E-state index in [4.69, 9.17) is 8.83 Å². The lowest BCUT2D eigenvalue weighted by Crippen LogP contribution is -2.38. The standard InChI is InChI=1S/C20H25N3O5S/c1-2-14-5-3-4-10-23(14)13-16-7-6-15(27-16)12-21-29(25,26)17-8-9-18-19(11-17)28-20(24)22-18/h6-9,11,14,21H,2-5,10,12-13H2,1H3,(H,22,24)/t14-/m1/s1. The average molecular weight is 420 g/mol. The van der Waals surface area contributed by atoms with Gasteiger partial charge in [0.2, 0.25) is 10.0 Å². The number of rotatable bonds is 7. The molecule has 4 rings (SSSR count). The first kappa shape index (κ1) is 19.9. The number of sulfonamides is 1. The topological polar surface area (TPSA) is 109 Å². The van der Waals surface area contributed by atoms with Crippen molar-refractivity contribution in [2.75, 3.05) is 6.54 Å². The highest BCUT2D eigenvalue weighted by atomic mass is 32.2. The maximum atomic E-state index is 12.6. The lowest BCUT2D eigenvalue weighted by atomic mass is 10.00. The summed E-state index contributed by atoms with van der Waals surface area (Å²) in [5.41, 5.74) is 0.651. The molecule has 0 spiro atoms. The number of furan rings is 1. The van der Waals surface area contributed by atoms with Crippen LogP contribution in [0.4, 0.5) is 0 Å². The number of aromatic nitrogens is 1. The van der Waals surface area contributed by atoms with Gasteiger partial charge in [-0.3, -0.25) is 9.88 Å². The van der Waals surface area contributed by atoms with Crippen molar-refractivity contribution in [3.8, 4) is 0 Å². The van der Waals surface area contributed by atoms with Gasteiger partial charge in [-0.2, -0.15) is 0 Å². The molecule has 156 valence electrons. The maximum absolute atomic E-state index is 12.6. The predicted molar refractivity (Wildman–Crippen MR) is 108 cm³/mol. The largest absolute Gasteiger partial charge is 0.463 e. The van der Waals surface area contributed by atoms with Crippen molar-refractivity contribution in [1.29, 1.82) is 0 Å². The molecule has 29 heavy (non-hydrogen) atoms. The SMILES string of the molecule is CC[C@@H]1CCCCN1Cc1ccc(CNS(=O)(=O)c2ccc3[nH]c(=O)oc3c2)o1. The lowest BCUT2D eigenvalue weighted by molar-refractivity contribution is 0.126. The second-order valence-electron chi connectivity index (χ2n) is 7.39. The molecule has 1 aliphatic rings. The van der Waals surface area contributed by atoms with Gasteiger partial charge in [-0.1, -0.05) is 13.3 Å². The second kappa shape index (κ2) is 8.17. The van der Waals surface area contributed by atoms with Crippen molar-refractivity contribution in [3.63, 3.8) is 0 Å². The first-order valence-electron chi connectivity index (χ1n) is 9.89. The fourth-order valence-electron chi connectivity index (χ4n) is 3.88. The summed E-state index contributed by atoms with van der Waals surface area (Å²) in [6.45, 7) is 4.07. The van der Waals surface area contributed by atoms with E-state index in [1.807, 2.05) is 6.07 Å². The molecule has 0 amide bonds. The van der Waals surface area contributed by atoms with Crippen LogP contribution >= 0.6 is 0 Å². The van der Waals surface area contributed by atoms with Crippen LogP contribution in [-0.4, -0.2) is 30.9 Å². The molecule has 0 unspecified atom stereocenters. The van der Waals surface area contributed by atoms with Gasteiger partial charge in [0, 0.05) is 12.1 Å². The van der Waals surface area contributed by atoms with E-state index in [0.29, 0.717) is 17.3 Å². The summed E-state index contributed by atoms with van der Waals surface area (Å²) >= 11 is 0. The molecule has 1 aliphatic heterocycles. The zero-order valence-electron chi connectivity index (χ0n) is 16.3. The van der Waals surface area contributed by atoms with Gasteiger partial charge < -0.3 is 8.83 Å². The zero-order chi connectivity index (χ0) is 20.4. The van der Waals surface area contributed by atoms with Crippen molar-refractivity contribution >= 4 is 21.1 Å². The summed E-state index contributed by atoms with van der Waals surface area (Å²) in [6, 6.07) is 8.54. The highest BCUT2D eigenvalue weighted by molar-refractivity contribution is 7.89. The number of nitrogens with zero attached hydrogens (tertiary/aromatic N) is 1. The summed E-state index contributed by atoms with van der Waals surface area (Å²) in [5, 5.41) is 0. The number of nitrogens with one attached hydrogen (secondary N) is 2. The number of H-pyrrole nitrogens is 1. The van der Waals surface area contributed by atoms with Gasteiger partial charge in [0.05, 0.1) is 23.5 Å². The third-order valence-electron chi connectivity index (χ3n) is 5.44. The Labute approximate surface area is 168 Å². The second-order valence-corrected chi connectivity index (χ2v) is 9.16. The van der Waals surface area contributed by atoms with Crippen LogP contribution in [0.2, 0.25) is 0 Å². The smallest absolute Gasteiger partial charge is 0.417 e. The minimum absolute atomic E-state index is 0.0265. The van der Waals surface area contributed by atoms with Gasteiger partial charge in [0.15, 0.2) is 5.58 Å². The molecule has 0 saturated carbocycles. The Kier molecular flexibility index (Phi) is 5.62.